The van der Waals surface area contributed by atoms with Crippen molar-refractivity contribution in [2.24, 2.45) is 0 Å². The van der Waals surface area contributed by atoms with E-state index in [4.69, 9.17) is 0 Å². The molecule has 0 aliphatic carbocycles. The Morgan fingerprint density at radius 2 is 1.56 bits per heavy atom. The van der Waals surface area contributed by atoms with E-state index < -0.39 is 0 Å². The number of hydrogen-bond acceptors (Lipinski definition) is 2. The Hall–Kier alpha value is -2.62. The van der Waals surface area contributed by atoms with Crippen LogP contribution in [-0.4, -0.2) is 24.9 Å². The van der Waals surface area contributed by atoms with E-state index in [2.05, 4.69) is 43.4 Å². The summed E-state index contributed by atoms with van der Waals surface area (Å²) >= 11 is 0. The van der Waals surface area contributed by atoms with E-state index in [0.717, 1.165) is 36.1 Å². The Balaban J connectivity index is 1.97. The van der Waals surface area contributed by atoms with E-state index in [1.165, 1.54) is 5.56 Å². The third-order valence-electron chi connectivity index (χ3n) is 4.76. The van der Waals surface area contributed by atoms with Gasteiger partial charge >= 0.3 is 0 Å². The predicted molar refractivity (Wildman–Crippen MR) is 111 cm³/mol. The number of amides is 2. The molecule has 4 heteroatoms. The molecule has 0 aliphatic heterocycles. The summed E-state index contributed by atoms with van der Waals surface area (Å²) in [7, 11) is 0. The van der Waals surface area contributed by atoms with Crippen LogP contribution in [-0.2, 0) is 28.9 Å². The average molecular weight is 367 g/mol. The quantitative estimate of drug-likeness (QED) is 0.731. The number of aryl methyl sites for hydroxylation is 2. The highest BCUT2D eigenvalue weighted by atomic mass is 16.2. The minimum Gasteiger partial charge on any atom is -0.356 e. The van der Waals surface area contributed by atoms with Gasteiger partial charge in [0.25, 0.3) is 0 Å². The molecule has 2 amide bonds. The lowest BCUT2D eigenvalue weighted by Crippen LogP contribution is -2.35. The van der Waals surface area contributed by atoms with E-state index in [-0.39, 0.29) is 11.8 Å². The summed E-state index contributed by atoms with van der Waals surface area (Å²) in [6.45, 7) is 6.75. The SMILES string of the molecule is CCc1cccc(CC)c1N(CCC(=O)NCCc1ccccc1)C(C)=O. The second-order valence-corrected chi connectivity index (χ2v) is 6.64. The lowest BCUT2D eigenvalue weighted by Gasteiger charge is -2.26. The summed E-state index contributed by atoms with van der Waals surface area (Å²) in [5.41, 5.74) is 4.47. The van der Waals surface area contributed by atoms with Crippen LogP contribution in [0.3, 0.4) is 0 Å². The third-order valence-corrected chi connectivity index (χ3v) is 4.76. The molecular weight excluding hydrogens is 336 g/mol. The first-order chi connectivity index (χ1) is 13.1. The van der Waals surface area contributed by atoms with Gasteiger partial charge in [0.1, 0.15) is 0 Å². The first-order valence-electron chi connectivity index (χ1n) is 9.76. The highest BCUT2D eigenvalue weighted by Crippen LogP contribution is 2.27. The largest absolute Gasteiger partial charge is 0.356 e. The molecule has 0 radical (unpaired) electrons. The highest BCUT2D eigenvalue weighted by Gasteiger charge is 2.19. The van der Waals surface area contributed by atoms with Crippen LogP contribution in [0.25, 0.3) is 0 Å². The molecule has 0 unspecified atom stereocenters. The molecule has 0 fully saturated rings. The summed E-state index contributed by atoms with van der Waals surface area (Å²) < 4.78 is 0. The molecule has 0 heterocycles. The topological polar surface area (TPSA) is 49.4 Å². The zero-order valence-corrected chi connectivity index (χ0v) is 16.6. The Labute approximate surface area is 162 Å². The molecule has 2 aromatic rings. The second-order valence-electron chi connectivity index (χ2n) is 6.64. The molecule has 0 saturated heterocycles. The van der Waals surface area contributed by atoms with Crippen LogP contribution in [0, 0.1) is 0 Å². The number of nitrogens with zero attached hydrogens (tertiary/aromatic N) is 1. The monoisotopic (exact) mass is 366 g/mol. The van der Waals surface area contributed by atoms with Crippen LogP contribution in [0.4, 0.5) is 5.69 Å². The van der Waals surface area contributed by atoms with Crippen LogP contribution in [0.2, 0.25) is 0 Å². The van der Waals surface area contributed by atoms with Gasteiger partial charge < -0.3 is 10.2 Å². The molecule has 0 aromatic heterocycles. The number of carbonyl (C=O) groups is 2. The first kappa shape index (κ1) is 20.7. The summed E-state index contributed by atoms with van der Waals surface area (Å²) in [5.74, 6) is -0.0492. The normalized spacial score (nSPS) is 10.5. The van der Waals surface area contributed by atoms with Gasteiger partial charge in [-0.05, 0) is 36.0 Å². The standard InChI is InChI=1S/C23H30N2O2/c1-4-20-12-9-13-21(5-2)23(20)25(18(3)26)17-15-22(27)24-16-14-19-10-7-6-8-11-19/h6-13H,4-5,14-17H2,1-3H3,(H,24,27). The van der Waals surface area contributed by atoms with Gasteiger partial charge in [-0.2, -0.15) is 0 Å². The van der Waals surface area contributed by atoms with E-state index >= 15 is 0 Å². The fraction of sp³-hybridized carbons (Fsp3) is 0.391. The molecule has 144 valence electrons. The van der Waals surface area contributed by atoms with Gasteiger partial charge in [0.2, 0.25) is 11.8 Å². The van der Waals surface area contributed by atoms with Crippen molar-refractivity contribution in [2.75, 3.05) is 18.0 Å². The number of hydrogen-bond donors (Lipinski definition) is 1. The molecule has 0 saturated carbocycles. The van der Waals surface area contributed by atoms with Crippen molar-refractivity contribution in [3.8, 4) is 0 Å². The number of anilines is 1. The maximum absolute atomic E-state index is 12.3. The summed E-state index contributed by atoms with van der Waals surface area (Å²) in [6, 6.07) is 16.2. The molecule has 1 N–H and O–H groups in total. The number of benzene rings is 2. The van der Waals surface area contributed by atoms with E-state index in [1.807, 2.05) is 24.3 Å². The lowest BCUT2D eigenvalue weighted by atomic mass is 10.0. The van der Waals surface area contributed by atoms with Gasteiger partial charge in [-0.3, -0.25) is 9.59 Å². The molecule has 2 rings (SSSR count). The molecule has 27 heavy (non-hydrogen) atoms. The lowest BCUT2D eigenvalue weighted by molar-refractivity contribution is -0.121. The molecule has 0 bridgehead atoms. The fourth-order valence-corrected chi connectivity index (χ4v) is 3.28. The Morgan fingerprint density at radius 1 is 0.926 bits per heavy atom. The fourth-order valence-electron chi connectivity index (χ4n) is 3.28. The van der Waals surface area contributed by atoms with E-state index in [1.54, 1.807) is 11.8 Å². The molecular formula is C23H30N2O2. The van der Waals surface area contributed by atoms with Gasteiger partial charge in [-0.25, -0.2) is 0 Å². The van der Waals surface area contributed by atoms with Crippen LogP contribution in [0.5, 0.6) is 0 Å². The molecule has 2 aromatic carbocycles. The van der Waals surface area contributed by atoms with E-state index in [0.29, 0.717) is 19.5 Å². The van der Waals surface area contributed by atoms with Crippen molar-refractivity contribution in [3.63, 3.8) is 0 Å². The summed E-state index contributed by atoms with van der Waals surface area (Å²) in [6.07, 6.45) is 2.82. The van der Waals surface area contributed by atoms with Gasteiger partial charge in [0.15, 0.2) is 0 Å². The maximum Gasteiger partial charge on any atom is 0.223 e. The van der Waals surface area contributed by atoms with Gasteiger partial charge in [-0.1, -0.05) is 62.4 Å². The minimum atomic E-state index is -0.0253. The molecule has 0 atom stereocenters. The smallest absolute Gasteiger partial charge is 0.223 e. The minimum absolute atomic E-state index is 0.0239. The zero-order valence-electron chi connectivity index (χ0n) is 16.6. The second kappa shape index (κ2) is 10.5. The first-order valence-corrected chi connectivity index (χ1v) is 9.76. The number of nitrogens with one attached hydrogen (secondary N) is 1. The highest BCUT2D eigenvalue weighted by molar-refractivity contribution is 5.94. The maximum atomic E-state index is 12.3. The van der Waals surface area contributed by atoms with Crippen LogP contribution in [0.1, 0.15) is 43.9 Å². The van der Waals surface area contributed by atoms with Crippen LogP contribution in [0.15, 0.2) is 48.5 Å². The number of carbonyl (C=O) groups excluding carboxylic acids is 2. The zero-order chi connectivity index (χ0) is 19.6. The van der Waals surface area contributed by atoms with Crippen molar-refractivity contribution in [1.29, 1.82) is 0 Å². The van der Waals surface area contributed by atoms with Gasteiger partial charge in [-0.15, -0.1) is 0 Å². The molecule has 0 aliphatic rings. The average Bonchev–Trinajstić information content (AvgIpc) is 2.68. The van der Waals surface area contributed by atoms with Gasteiger partial charge in [0, 0.05) is 32.1 Å². The number of rotatable bonds is 9. The predicted octanol–water partition coefficient (Wildman–Crippen LogP) is 3.91. The molecule has 4 nitrogen and oxygen atoms in total. The van der Waals surface area contributed by atoms with Crippen molar-refractivity contribution in [1.82, 2.24) is 5.32 Å². The summed E-state index contributed by atoms with van der Waals surface area (Å²) in [4.78, 5) is 26.3. The molecule has 0 spiro atoms. The van der Waals surface area contributed by atoms with Crippen molar-refractivity contribution in [3.05, 3.63) is 65.2 Å². The van der Waals surface area contributed by atoms with Crippen molar-refractivity contribution in [2.45, 2.75) is 46.5 Å². The van der Waals surface area contributed by atoms with Crippen molar-refractivity contribution < 1.29 is 9.59 Å². The van der Waals surface area contributed by atoms with Crippen LogP contribution >= 0.6 is 0 Å². The Morgan fingerprint density at radius 3 is 2.11 bits per heavy atom. The Kier molecular flexibility index (Phi) is 8.05. The van der Waals surface area contributed by atoms with Gasteiger partial charge in [0.05, 0.1) is 0 Å². The van der Waals surface area contributed by atoms with Crippen molar-refractivity contribution >= 4 is 17.5 Å². The Bertz CT molecular complexity index is 734. The number of para-hydroxylation sites is 1. The third kappa shape index (κ3) is 5.95. The van der Waals surface area contributed by atoms with E-state index in [9.17, 15) is 9.59 Å². The summed E-state index contributed by atoms with van der Waals surface area (Å²) in [5, 5.41) is 2.96. The van der Waals surface area contributed by atoms with Crippen LogP contribution < -0.4 is 10.2 Å².